The molecule has 0 saturated carbocycles. The Labute approximate surface area is 183 Å². The van der Waals surface area contributed by atoms with Gasteiger partial charge in [-0.25, -0.2) is 10.1 Å². The summed E-state index contributed by atoms with van der Waals surface area (Å²) in [6.45, 7) is 2.30. The van der Waals surface area contributed by atoms with Crippen LogP contribution in [0.1, 0.15) is 34.2 Å². The van der Waals surface area contributed by atoms with Gasteiger partial charge in [0.25, 0.3) is 5.91 Å². The van der Waals surface area contributed by atoms with E-state index in [4.69, 9.17) is 5.73 Å². The lowest BCUT2D eigenvalue weighted by Crippen LogP contribution is -2.21. The molecule has 0 radical (unpaired) electrons. The molecule has 4 aromatic rings. The monoisotopic (exact) mass is 431 g/mol. The largest absolute Gasteiger partial charge is 0.379 e. The summed E-state index contributed by atoms with van der Waals surface area (Å²) >= 11 is 0. The van der Waals surface area contributed by atoms with Gasteiger partial charge in [-0.1, -0.05) is 54.6 Å². The minimum Gasteiger partial charge on any atom is -0.379 e. The molecule has 11 heteroatoms. The van der Waals surface area contributed by atoms with Gasteiger partial charge in [-0.05, 0) is 40.0 Å². The molecule has 32 heavy (non-hydrogen) atoms. The van der Waals surface area contributed by atoms with Crippen LogP contribution < -0.4 is 16.5 Å². The van der Waals surface area contributed by atoms with Crippen LogP contribution in [0.2, 0.25) is 0 Å². The highest BCUT2D eigenvalue weighted by molar-refractivity contribution is 5.94. The van der Waals surface area contributed by atoms with Crippen molar-refractivity contribution < 1.29 is 9.42 Å². The van der Waals surface area contributed by atoms with Crippen molar-refractivity contribution in [3.8, 4) is 5.82 Å². The molecule has 2 aromatic carbocycles. The fourth-order valence-electron chi connectivity index (χ4n) is 2.94. The second-order valence-corrected chi connectivity index (χ2v) is 6.78. The SMILES string of the molecule is CCc1ccc(C=NNC(=O)c2nnn(-c3nonc3N)c2CNc2ccccc2)cc1. The number of hydrogen-bond acceptors (Lipinski definition) is 9. The summed E-state index contributed by atoms with van der Waals surface area (Å²) in [5.74, 6) is -0.366. The molecule has 0 atom stereocenters. The normalized spacial score (nSPS) is 11.0. The Balaban J connectivity index is 1.55. The molecule has 162 valence electrons. The van der Waals surface area contributed by atoms with Gasteiger partial charge >= 0.3 is 0 Å². The number of aromatic nitrogens is 5. The third-order valence-electron chi connectivity index (χ3n) is 4.68. The number of benzene rings is 2. The Morgan fingerprint density at radius 3 is 2.62 bits per heavy atom. The Morgan fingerprint density at radius 2 is 1.94 bits per heavy atom. The number of hydrazone groups is 1. The van der Waals surface area contributed by atoms with Gasteiger partial charge in [0.05, 0.1) is 18.5 Å². The van der Waals surface area contributed by atoms with E-state index in [2.05, 4.69) is 48.0 Å². The van der Waals surface area contributed by atoms with Crippen molar-refractivity contribution in [2.75, 3.05) is 11.1 Å². The van der Waals surface area contributed by atoms with E-state index in [1.165, 1.54) is 10.2 Å². The smallest absolute Gasteiger partial charge is 0.293 e. The van der Waals surface area contributed by atoms with Crippen LogP contribution in [0.15, 0.2) is 64.3 Å². The number of carbonyl (C=O) groups is 1. The molecule has 1 amide bonds. The van der Waals surface area contributed by atoms with Crippen LogP contribution in [0, 0.1) is 0 Å². The molecule has 4 N–H and O–H groups in total. The molecule has 0 fully saturated rings. The number of anilines is 2. The van der Waals surface area contributed by atoms with Crippen LogP contribution in [-0.4, -0.2) is 37.4 Å². The summed E-state index contributed by atoms with van der Waals surface area (Å²) in [5.41, 5.74) is 11.7. The zero-order valence-electron chi connectivity index (χ0n) is 17.3. The Kier molecular flexibility index (Phi) is 6.16. The van der Waals surface area contributed by atoms with E-state index in [1.807, 2.05) is 54.6 Å². The fraction of sp³-hybridized carbons (Fsp3) is 0.143. The third-order valence-corrected chi connectivity index (χ3v) is 4.68. The third kappa shape index (κ3) is 4.61. The Bertz CT molecular complexity index is 1210. The van der Waals surface area contributed by atoms with Crippen LogP contribution in [-0.2, 0) is 13.0 Å². The predicted octanol–water partition coefficient (Wildman–Crippen LogP) is 2.17. The molecule has 4 rings (SSSR count). The standard InChI is InChI=1S/C21H21N9O2/c1-2-14-8-10-15(11-9-14)12-24-26-21(31)18-17(13-23-16-6-4-3-5-7-16)30(29-25-18)20-19(22)27-32-28-20/h3-12,23H,2,13H2,1H3,(H2,22,27)(H,26,31). The van der Waals surface area contributed by atoms with Gasteiger partial charge in [-0.3, -0.25) is 4.79 Å². The zero-order chi connectivity index (χ0) is 22.3. The average molecular weight is 431 g/mol. The van der Waals surface area contributed by atoms with E-state index in [1.54, 1.807) is 6.21 Å². The maximum absolute atomic E-state index is 12.8. The molecule has 11 nitrogen and oxygen atoms in total. The predicted molar refractivity (Wildman–Crippen MR) is 118 cm³/mol. The maximum atomic E-state index is 12.8. The van der Waals surface area contributed by atoms with E-state index < -0.39 is 5.91 Å². The van der Waals surface area contributed by atoms with E-state index >= 15 is 0 Å². The van der Waals surface area contributed by atoms with Crippen molar-refractivity contribution >= 4 is 23.6 Å². The number of nitrogens with one attached hydrogen (secondary N) is 2. The molecule has 2 aromatic heterocycles. The van der Waals surface area contributed by atoms with Crippen LogP contribution in [0.25, 0.3) is 5.82 Å². The first-order chi connectivity index (χ1) is 15.7. The first-order valence-corrected chi connectivity index (χ1v) is 9.90. The van der Waals surface area contributed by atoms with Crippen LogP contribution in [0.5, 0.6) is 0 Å². The van der Waals surface area contributed by atoms with Crippen molar-refractivity contribution in [1.29, 1.82) is 0 Å². The minimum atomic E-state index is -0.530. The summed E-state index contributed by atoms with van der Waals surface area (Å²) in [4.78, 5) is 12.8. The number of nitrogens with two attached hydrogens (primary N) is 1. The van der Waals surface area contributed by atoms with E-state index in [-0.39, 0.29) is 23.9 Å². The number of hydrogen-bond donors (Lipinski definition) is 3. The highest BCUT2D eigenvalue weighted by Crippen LogP contribution is 2.17. The average Bonchev–Trinajstić information content (AvgIpc) is 3.44. The number of carbonyl (C=O) groups excluding carboxylic acids is 1. The quantitative estimate of drug-likeness (QED) is 0.284. The highest BCUT2D eigenvalue weighted by atomic mass is 16.6. The van der Waals surface area contributed by atoms with Crippen molar-refractivity contribution in [1.82, 2.24) is 30.7 Å². The number of nitrogens with zero attached hydrogens (tertiary/aromatic N) is 6. The van der Waals surface area contributed by atoms with Crippen molar-refractivity contribution in [2.45, 2.75) is 19.9 Å². The number of para-hydroxylation sites is 1. The zero-order valence-corrected chi connectivity index (χ0v) is 17.3. The van der Waals surface area contributed by atoms with E-state index in [9.17, 15) is 4.79 Å². The molecular formula is C21H21N9O2. The van der Waals surface area contributed by atoms with Gasteiger partial charge in [0.2, 0.25) is 11.6 Å². The number of amides is 1. The maximum Gasteiger partial charge on any atom is 0.293 e. The Hall–Kier alpha value is -4.54. The molecule has 0 bridgehead atoms. The van der Waals surface area contributed by atoms with Gasteiger partial charge < -0.3 is 11.1 Å². The van der Waals surface area contributed by atoms with Crippen molar-refractivity contribution in [3.05, 3.63) is 77.1 Å². The van der Waals surface area contributed by atoms with Crippen molar-refractivity contribution in [2.24, 2.45) is 5.10 Å². The van der Waals surface area contributed by atoms with Gasteiger partial charge in [0, 0.05) is 5.69 Å². The summed E-state index contributed by atoms with van der Waals surface area (Å²) in [6, 6.07) is 17.4. The lowest BCUT2D eigenvalue weighted by atomic mass is 10.1. The van der Waals surface area contributed by atoms with Crippen LogP contribution in [0.4, 0.5) is 11.5 Å². The second-order valence-electron chi connectivity index (χ2n) is 6.78. The molecule has 2 heterocycles. The first-order valence-electron chi connectivity index (χ1n) is 9.90. The molecule has 0 aliphatic carbocycles. The second kappa shape index (κ2) is 9.51. The van der Waals surface area contributed by atoms with Gasteiger partial charge in [-0.15, -0.1) is 5.10 Å². The highest BCUT2D eigenvalue weighted by Gasteiger charge is 2.23. The van der Waals surface area contributed by atoms with Gasteiger partial charge in [0.1, 0.15) is 0 Å². The molecule has 0 aliphatic heterocycles. The van der Waals surface area contributed by atoms with E-state index in [0.29, 0.717) is 5.69 Å². The van der Waals surface area contributed by atoms with Gasteiger partial charge in [0.15, 0.2) is 5.69 Å². The molecule has 0 unspecified atom stereocenters. The molecule has 0 saturated heterocycles. The van der Waals surface area contributed by atoms with Gasteiger partial charge in [-0.2, -0.15) is 9.78 Å². The lowest BCUT2D eigenvalue weighted by molar-refractivity contribution is 0.0949. The number of nitrogen functional groups attached to an aromatic ring is 1. The molecule has 0 aliphatic rings. The molecular weight excluding hydrogens is 410 g/mol. The first kappa shape index (κ1) is 20.7. The summed E-state index contributed by atoms with van der Waals surface area (Å²) < 4.78 is 5.97. The minimum absolute atomic E-state index is 0.0244. The number of aryl methyl sites for hydroxylation is 1. The Morgan fingerprint density at radius 1 is 1.16 bits per heavy atom. The summed E-state index contributed by atoms with van der Waals surface area (Å²) in [7, 11) is 0. The summed E-state index contributed by atoms with van der Waals surface area (Å²) in [6.07, 6.45) is 2.51. The molecule has 0 spiro atoms. The van der Waals surface area contributed by atoms with Crippen molar-refractivity contribution in [3.63, 3.8) is 0 Å². The summed E-state index contributed by atoms with van der Waals surface area (Å²) in [5, 5.41) is 22.6. The number of rotatable bonds is 8. The van der Waals surface area contributed by atoms with E-state index in [0.717, 1.165) is 17.7 Å². The van der Waals surface area contributed by atoms with Crippen LogP contribution >= 0.6 is 0 Å². The fourth-order valence-corrected chi connectivity index (χ4v) is 2.94. The lowest BCUT2D eigenvalue weighted by Gasteiger charge is -2.08. The van der Waals surface area contributed by atoms with Crippen LogP contribution in [0.3, 0.4) is 0 Å². The topological polar surface area (TPSA) is 149 Å².